The fourth-order valence-corrected chi connectivity index (χ4v) is 9.13. The molecule has 4 aromatic heterocycles. The van der Waals surface area contributed by atoms with Crippen LogP contribution in [0.3, 0.4) is 0 Å². The first-order valence-corrected chi connectivity index (χ1v) is 21.4. The molecule has 1 fully saturated rings. The molecule has 338 valence electrons. The Balaban J connectivity index is 0.00000592. The first-order valence-electron chi connectivity index (χ1n) is 19.2. The average Bonchev–Trinajstić information content (AvgIpc) is 3.75. The Morgan fingerprint density at radius 1 is 1.02 bits per heavy atom. The van der Waals surface area contributed by atoms with Gasteiger partial charge in [-0.15, -0.1) is 0 Å². The maximum Gasteiger partial charge on any atom is 1.00 e. The monoisotopic (exact) mass is 971 g/mol. The van der Waals surface area contributed by atoms with Crippen LogP contribution in [0, 0.1) is 17.6 Å². The summed E-state index contributed by atoms with van der Waals surface area (Å²) in [7, 11) is -2.74. The quantitative estimate of drug-likeness (QED) is 0.128. The molecule has 0 saturated heterocycles. The van der Waals surface area contributed by atoms with Gasteiger partial charge in [-0.2, -0.15) is 27.1 Å². The number of benzene rings is 3. The predicted octanol–water partition coefficient (Wildman–Crippen LogP) is 5.70. The van der Waals surface area contributed by atoms with Gasteiger partial charge in [-0.1, -0.05) is 23.7 Å². The van der Waals surface area contributed by atoms with Crippen LogP contribution in [-0.2, 0) is 46.9 Å². The van der Waals surface area contributed by atoms with Crippen molar-refractivity contribution >= 4 is 55.2 Å². The van der Waals surface area contributed by atoms with Crippen molar-refractivity contribution in [3.63, 3.8) is 0 Å². The maximum atomic E-state index is 15.5. The van der Waals surface area contributed by atoms with Crippen molar-refractivity contribution in [1.29, 1.82) is 0 Å². The molecule has 4 heterocycles. The van der Waals surface area contributed by atoms with Crippen LogP contribution in [-0.4, -0.2) is 54.7 Å². The summed E-state index contributed by atoms with van der Waals surface area (Å²) < 4.78 is 161. The van der Waals surface area contributed by atoms with Crippen molar-refractivity contribution in [2.75, 3.05) is 6.26 Å². The molecule has 0 bridgehead atoms. The number of fused-ring (bicyclic) bond motifs is 5. The standard InChI is InChI=1S/C41H29ClF9N9O4S.Na/c1-58-34-28(9-8-24(42)32(34)37(56-58)57-65(2,63)64)60-38(54-26-13-18(6-7-21(26)39(60)62)25-4-3-5-29(52-25)41(49,50)51)27(12-17-10-19(43)14-20(44)11-17)53-30(61)16-59-35-31(33(55-59)36(45)46)22-15-23(22)40(35,47)48;/h3-11,13-14,22-23,27,36H,12,15-16H2,1-2H3,(H2,53,56,57,61);/q;+1/p-1/t22-,23+,27-;/m0./s1. The van der Waals surface area contributed by atoms with E-state index >= 15 is 8.78 Å². The molecule has 2 aliphatic rings. The van der Waals surface area contributed by atoms with Crippen LogP contribution in [0.15, 0.2) is 71.5 Å². The zero-order chi connectivity index (χ0) is 46.7. The molecule has 3 aromatic carbocycles. The van der Waals surface area contributed by atoms with E-state index in [1.165, 1.54) is 43.4 Å². The van der Waals surface area contributed by atoms with Crippen molar-refractivity contribution in [3.05, 3.63) is 132 Å². The third-order valence-electron chi connectivity index (χ3n) is 11.1. The first-order chi connectivity index (χ1) is 30.5. The molecular formula is C41H28ClF9N9NaO4S. The summed E-state index contributed by atoms with van der Waals surface area (Å²) >= 11 is 6.57. The molecule has 1 saturated carbocycles. The van der Waals surface area contributed by atoms with Crippen LogP contribution >= 0.6 is 11.6 Å². The van der Waals surface area contributed by atoms with E-state index in [4.69, 9.17) is 16.6 Å². The van der Waals surface area contributed by atoms with Gasteiger partial charge in [0.2, 0.25) is 5.91 Å². The molecule has 9 rings (SSSR count). The number of pyridine rings is 1. The largest absolute Gasteiger partial charge is 1.00 e. The number of nitrogens with one attached hydrogen (secondary N) is 1. The minimum atomic E-state index is -4.83. The fourth-order valence-electron chi connectivity index (χ4n) is 8.45. The number of amides is 1. The second kappa shape index (κ2) is 16.7. The average molecular weight is 972 g/mol. The first kappa shape index (κ1) is 47.0. The van der Waals surface area contributed by atoms with Crippen LogP contribution in [0.2, 0.25) is 5.02 Å². The molecule has 1 N–H and O–H groups in total. The van der Waals surface area contributed by atoms with Gasteiger partial charge in [0.1, 0.15) is 41.1 Å². The number of hydrogen-bond donors (Lipinski definition) is 1. The zero-order valence-electron chi connectivity index (χ0n) is 34.2. The van der Waals surface area contributed by atoms with E-state index in [1.54, 1.807) is 0 Å². The Hall–Kier alpha value is -5.49. The van der Waals surface area contributed by atoms with Gasteiger partial charge in [0.25, 0.3) is 17.9 Å². The Morgan fingerprint density at radius 3 is 2.39 bits per heavy atom. The van der Waals surface area contributed by atoms with Gasteiger partial charge in [-0.05, 0) is 72.3 Å². The van der Waals surface area contributed by atoms with E-state index in [1.807, 2.05) is 0 Å². The van der Waals surface area contributed by atoms with Crippen molar-refractivity contribution < 1.29 is 82.3 Å². The van der Waals surface area contributed by atoms with Crippen LogP contribution in [0.1, 0.15) is 58.8 Å². The van der Waals surface area contributed by atoms with Crippen LogP contribution in [0.25, 0.3) is 43.5 Å². The van der Waals surface area contributed by atoms with Gasteiger partial charge in [-0.3, -0.25) is 18.8 Å². The van der Waals surface area contributed by atoms with Gasteiger partial charge < -0.3 is 19.8 Å². The number of hydrogen-bond acceptors (Lipinski definition) is 8. The second-order valence-electron chi connectivity index (χ2n) is 15.6. The fraction of sp³-hybridized carbons (Fsp3) is 0.268. The molecule has 0 unspecified atom stereocenters. The van der Waals surface area contributed by atoms with E-state index in [-0.39, 0.29) is 96.7 Å². The van der Waals surface area contributed by atoms with Gasteiger partial charge in [-0.25, -0.2) is 35.9 Å². The summed E-state index contributed by atoms with van der Waals surface area (Å²) in [4.78, 5) is 37.5. The summed E-state index contributed by atoms with van der Waals surface area (Å²) in [6, 6.07) is 10.1. The third kappa shape index (κ3) is 8.43. The Morgan fingerprint density at radius 2 is 1.73 bits per heavy atom. The van der Waals surface area contributed by atoms with Crippen molar-refractivity contribution in [3.8, 4) is 16.9 Å². The summed E-state index contributed by atoms with van der Waals surface area (Å²) in [6.45, 7) is -1.08. The number of aryl methyl sites for hydroxylation is 1. The molecule has 66 heavy (non-hydrogen) atoms. The molecule has 0 spiro atoms. The summed E-state index contributed by atoms with van der Waals surface area (Å²) in [5.41, 5.74) is -4.90. The molecule has 0 radical (unpaired) electrons. The maximum absolute atomic E-state index is 15.5. The molecule has 2 aliphatic carbocycles. The van der Waals surface area contributed by atoms with Gasteiger partial charge in [0.05, 0.1) is 33.8 Å². The zero-order valence-corrected chi connectivity index (χ0v) is 37.8. The number of rotatable bonds is 11. The Kier molecular flexibility index (Phi) is 11.9. The minimum absolute atomic E-state index is 0. The van der Waals surface area contributed by atoms with Gasteiger partial charge in [0.15, 0.2) is 10.0 Å². The van der Waals surface area contributed by atoms with Gasteiger partial charge in [0, 0.05) is 53.2 Å². The van der Waals surface area contributed by atoms with E-state index in [0.29, 0.717) is 10.7 Å². The molecule has 25 heteroatoms. The molecule has 13 nitrogen and oxygen atoms in total. The molecule has 0 aliphatic heterocycles. The third-order valence-corrected chi connectivity index (χ3v) is 11.9. The minimum Gasteiger partial charge on any atom is -0.373 e. The molecule has 7 aromatic rings. The summed E-state index contributed by atoms with van der Waals surface area (Å²) in [5, 5.41) is 10.1. The number of alkyl halides is 7. The van der Waals surface area contributed by atoms with Crippen molar-refractivity contribution in [2.24, 2.45) is 13.0 Å². The van der Waals surface area contributed by atoms with Crippen molar-refractivity contribution in [1.82, 2.24) is 39.4 Å². The van der Waals surface area contributed by atoms with Crippen LogP contribution in [0.5, 0.6) is 0 Å². The normalized spacial score (nSPS) is 16.9. The van der Waals surface area contributed by atoms with Gasteiger partial charge >= 0.3 is 35.7 Å². The number of sulfonamides is 1. The molecular weight excluding hydrogens is 944 g/mol. The Labute approximate surface area is 393 Å². The van der Waals surface area contributed by atoms with Crippen molar-refractivity contribution in [2.45, 2.75) is 49.9 Å². The number of nitrogens with zero attached hydrogens (tertiary/aromatic N) is 8. The Bertz CT molecular complexity index is 3310. The smallest absolute Gasteiger partial charge is 0.373 e. The van der Waals surface area contributed by atoms with E-state index < -0.39 is 105 Å². The molecule has 3 atom stereocenters. The van der Waals surface area contributed by atoms with E-state index in [9.17, 15) is 48.7 Å². The van der Waals surface area contributed by atoms with Crippen LogP contribution in [0.4, 0.5) is 45.3 Å². The predicted molar refractivity (Wildman–Crippen MR) is 216 cm³/mol. The van der Waals surface area contributed by atoms with E-state index in [2.05, 4.69) is 25.2 Å². The number of carbonyl (C=O) groups excluding carboxylic acids is 1. The van der Waals surface area contributed by atoms with Crippen LogP contribution < -0.4 is 40.4 Å². The number of carbonyl (C=O) groups is 1. The summed E-state index contributed by atoms with van der Waals surface area (Å²) in [6.07, 6.45) is -7.95. The molecule has 1 amide bonds. The van der Waals surface area contributed by atoms with E-state index in [0.717, 1.165) is 39.8 Å². The summed E-state index contributed by atoms with van der Waals surface area (Å²) in [5.74, 6) is -9.87. The topological polar surface area (TPSA) is 161 Å². The number of aromatic nitrogens is 7. The number of halogens is 10. The SMILES string of the molecule is Cn1nc([N-]S(C)(=O)=O)c2c(Cl)ccc(-n3c([C@H](Cc4cc(F)cc(F)c4)NC(=O)Cn4nc(C(F)F)c5c4C(F)(F)[C@@H]4C[C@H]54)nc4cc(-c5cccc(C(F)(F)F)n5)ccc4c3=O)c21.[Na+]. The second-order valence-corrected chi connectivity index (χ2v) is 17.6.